The molecule has 0 radical (unpaired) electrons. The van der Waals surface area contributed by atoms with Crippen molar-refractivity contribution in [2.45, 2.75) is 37.5 Å². The Morgan fingerprint density at radius 2 is 2.32 bits per heavy atom. The number of carboxylic acids is 1. The van der Waals surface area contributed by atoms with Crippen molar-refractivity contribution in [2.24, 2.45) is 0 Å². The van der Waals surface area contributed by atoms with Crippen LogP contribution in [-0.2, 0) is 0 Å². The van der Waals surface area contributed by atoms with Gasteiger partial charge in [-0.15, -0.1) is 0 Å². The Kier molecular flexibility index (Phi) is 4.58. The standard InChI is InChI=1S/C14H20N2O2S/c1-2-19-12-8-4-7-11(12)16-13-9(14(17)18)5-3-6-10(13)15/h3,5-6,11-12,16H,2,4,7-8,15H2,1H3,(H,17,18). The molecule has 0 aliphatic heterocycles. The summed E-state index contributed by atoms with van der Waals surface area (Å²) in [4.78, 5) is 11.3. The number of nitrogens with two attached hydrogens (primary N) is 1. The summed E-state index contributed by atoms with van der Waals surface area (Å²) in [5.74, 6) is 0.145. The van der Waals surface area contributed by atoms with Gasteiger partial charge in [-0.3, -0.25) is 0 Å². The Morgan fingerprint density at radius 1 is 1.53 bits per heavy atom. The van der Waals surface area contributed by atoms with Crippen LogP contribution in [0, 0.1) is 0 Å². The molecule has 0 amide bonds. The summed E-state index contributed by atoms with van der Waals surface area (Å²) >= 11 is 1.94. The Morgan fingerprint density at radius 3 is 3.00 bits per heavy atom. The van der Waals surface area contributed by atoms with E-state index in [2.05, 4.69) is 12.2 Å². The Balaban J connectivity index is 2.20. The molecular weight excluding hydrogens is 260 g/mol. The third-order valence-electron chi connectivity index (χ3n) is 3.49. The van der Waals surface area contributed by atoms with Gasteiger partial charge < -0.3 is 16.2 Å². The Bertz CT molecular complexity index is 465. The van der Waals surface area contributed by atoms with E-state index >= 15 is 0 Å². The lowest BCUT2D eigenvalue weighted by atomic mass is 10.1. The van der Waals surface area contributed by atoms with Crippen molar-refractivity contribution in [2.75, 3.05) is 16.8 Å². The minimum Gasteiger partial charge on any atom is -0.478 e. The number of nitrogen functional groups attached to an aromatic ring is 1. The molecule has 19 heavy (non-hydrogen) atoms. The van der Waals surface area contributed by atoms with Crippen LogP contribution in [0.25, 0.3) is 0 Å². The fourth-order valence-corrected chi connectivity index (χ4v) is 3.80. The first-order chi connectivity index (χ1) is 9.13. The molecule has 1 saturated carbocycles. The van der Waals surface area contributed by atoms with Crippen LogP contribution >= 0.6 is 11.8 Å². The first-order valence-electron chi connectivity index (χ1n) is 6.63. The molecular formula is C14H20N2O2S. The number of carboxylic acid groups (broad SMARTS) is 1. The highest BCUT2D eigenvalue weighted by Gasteiger charge is 2.28. The molecule has 104 valence electrons. The SMILES string of the molecule is CCSC1CCCC1Nc1c(N)cccc1C(=O)O. The third kappa shape index (κ3) is 3.15. The second kappa shape index (κ2) is 6.19. The van der Waals surface area contributed by atoms with Gasteiger partial charge in [0, 0.05) is 11.3 Å². The first kappa shape index (κ1) is 14.1. The monoisotopic (exact) mass is 280 g/mol. The molecule has 1 aliphatic rings. The molecule has 5 heteroatoms. The van der Waals surface area contributed by atoms with E-state index in [9.17, 15) is 9.90 Å². The fraction of sp³-hybridized carbons (Fsp3) is 0.500. The minimum absolute atomic E-state index is 0.257. The van der Waals surface area contributed by atoms with Crippen LogP contribution < -0.4 is 11.1 Å². The molecule has 2 unspecified atom stereocenters. The molecule has 0 bridgehead atoms. The lowest BCUT2D eigenvalue weighted by molar-refractivity contribution is 0.0698. The van der Waals surface area contributed by atoms with E-state index < -0.39 is 5.97 Å². The molecule has 1 fully saturated rings. The van der Waals surface area contributed by atoms with Gasteiger partial charge in [0.05, 0.1) is 16.9 Å². The van der Waals surface area contributed by atoms with E-state index in [4.69, 9.17) is 5.73 Å². The maximum absolute atomic E-state index is 11.3. The molecule has 4 nitrogen and oxygen atoms in total. The number of hydrogen-bond donors (Lipinski definition) is 3. The number of para-hydroxylation sites is 1. The number of aromatic carboxylic acids is 1. The van der Waals surface area contributed by atoms with Gasteiger partial charge in [0.2, 0.25) is 0 Å². The van der Waals surface area contributed by atoms with E-state index in [0.29, 0.717) is 22.7 Å². The first-order valence-corrected chi connectivity index (χ1v) is 7.68. The van der Waals surface area contributed by atoms with Crippen molar-refractivity contribution >= 4 is 29.1 Å². The number of anilines is 2. The predicted octanol–water partition coefficient (Wildman–Crippen LogP) is 3.05. The van der Waals surface area contributed by atoms with Gasteiger partial charge in [0.25, 0.3) is 0 Å². The van der Waals surface area contributed by atoms with E-state index in [-0.39, 0.29) is 5.56 Å². The highest BCUT2D eigenvalue weighted by molar-refractivity contribution is 7.99. The summed E-state index contributed by atoms with van der Waals surface area (Å²) in [7, 11) is 0. The van der Waals surface area contributed by atoms with Crippen molar-refractivity contribution in [3.8, 4) is 0 Å². The normalized spacial score (nSPS) is 22.4. The minimum atomic E-state index is -0.938. The molecule has 4 N–H and O–H groups in total. The van der Waals surface area contributed by atoms with Gasteiger partial charge in [-0.05, 0) is 30.7 Å². The molecule has 0 saturated heterocycles. The van der Waals surface area contributed by atoms with Crippen LogP contribution in [0.4, 0.5) is 11.4 Å². The largest absolute Gasteiger partial charge is 0.478 e. The van der Waals surface area contributed by atoms with Crippen molar-refractivity contribution in [1.29, 1.82) is 0 Å². The molecule has 2 rings (SSSR count). The number of hydrogen-bond acceptors (Lipinski definition) is 4. The van der Waals surface area contributed by atoms with Crippen LogP contribution in [-0.4, -0.2) is 28.1 Å². The van der Waals surface area contributed by atoms with E-state index in [1.165, 1.54) is 12.8 Å². The Labute approximate surface area is 117 Å². The topological polar surface area (TPSA) is 75.3 Å². The number of benzene rings is 1. The van der Waals surface area contributed by atoms with Gasteiger partial charge in [-0.1, -0.05) is 19.4 Å². The fourth-order valence-electron chi connectivity index (χ4n) is 2.60. The smallest absolute Gasteiger partial charge is 0.337 e. The van der Waals surface area contributed by atoms with Crippen LogP contribution in [0.3, 0.4) is 0 Å². The average molecular weight is 280 g/mol. The van der Waals surface area contributed by atoms with Crippen LogP contribution in [0.15, 0.2) is 18.2 Å². The van der Waals surface area contributed by atoms with Gasteiger partial charge in [-0.25, -0.2) is 4.79 Å². The second-order valence-electron chi connectivity index (χ2n) is 4.75. The second-order valence-corrected chi connectivity index (χ2v) is 6.27. The molecule has 0 aromatic heterocycles. The third-order valence-corrected chi connectivity index (χ3v) is 4.82. The summed E-state index contributed by atoms with van der Waals surface area (Å²) in [5.41, 5.74) is 7.26. The zero-order valence-corrected chi connectivity index (χ0v) is 11.9. The zero-order valence-electron chi connectivity index (χ0n) is 11.1. The van der Waals surface area contributed by atoms with Crippen LogP contribution in [0.5, 0.6) is 0 Å². The van der Waals surface area contributed by atoms with Crippen molar-refractivity contribution < 1.29 is 9.90 Å². The zero-order chi connectivity index (χ0) is 13.8. The van der Waals surface area contributed by atoms with Gasteiger partial charge in [0.1, 0.15) is 0 Å². The molecule has 0 spiro atoms. The quantitative estimate of drug-likeness (QED) is 0.723. The lowest BCUT2D eigenvalue weighted by Crippen LogP contribution is -2.27. The predicted molar refractivity (Wildman–Crippen MR) is 81.0 cm³/mol. The van der Waals surface area contributed by atoms with Gasteiger partial charge in [-0.2, -0.15) is 11.8 Å². The summed E-state index contributed by atoms with van der Waals surface area (Å²) in [6.45, 7) is 2.15. The van der Waals surface area contributed by atoms with Gasteiger partial charge in [0.15, 0.2) is 0 Å². The number of nitrogens with one attached hydrogen (secondary N) is 1. The van der Waals surface area contributed by atoms with E-state index in [1.807, 2.05) is 11.8 Å². The summed E-state index contributed by atoms with van der Waals surface area (Å²) in [6.07, 6.45) is 3.45. The number of rotatable bonds is 5. The van der Waals surface area contributed by atoms with Crippen LogP contribution in [0.1, 0.15) is 36.5 Å². The summed E-state index contributed by atoms with van der Waals surface area (Å²) in [6, 6.07) is 5.33. The summed E-state index contributed by atoms with van der Waals surface area (Å²) in [5, 5.41) is 13.1. The maximum atomic E-state index is 11.3. The number of thioether (sulfide) groups is 1. The number of carbonyl (C=O) groups is 1. The lowest BCUT2D eigenvalue weighted by Gasteiger charge is -2.23. The highest BCUT2D eigenvalue weighted by Crippen LogP contribution is 2.34. The molecule has 2 atom stereocenters. The van der Waals surface area contributed by atoms with Crippen molar-refractivity contribution in [3.05, 3.63) is 23.8 Å². The van der Waals surface area contributed by atoms with E-state index in [0.717, 1.165) is 12.2 Å². The Hall–Kier alpha value is -1.36. The molecule has 1 aromatic rings. The summed E-state index contributed by atoms with van der Waals surface area (Å²) < 4.78 is 0. The average Bonchev–Trinajstić information content (AvgIpc) is 2.79. The van der Waals surface area contributed by atoms with Gasteiger partial charge >= 0.3 is 5.97 Å². The van der Waals surface area contributed by atoms with Crippen LogP contribution in [0.2, 0.25) is 0 Å². The van der Waals surface area contributed by atoms with Crippen molar-refractivity contribution in [1.82, 2.24) is 0 Å². The maximum Gasteiger partial charge on any atom is 0.337 e. The van der Waals surface area contributed by atoms with E-state index in [1.54, 1.807) is 18.2 Å². The van der Waals surface area contributed by atoms with Crippen molar-refractivity contribution in [3.63, 3.8) is 0 Å². The molecule has 0 heterocycles. The highest BCUT2D eigenvalue weighted by atomic mass is 32.2. The molecule has 1 aromatic carbocycles. The molecule has 1 aliphatic carbocycles.